The molecule has 1 atom stereocenters. The van der Waals surface area contributed by atoms with Gasteiger partial charge in [0.15, 0.2) is 0 Å². The van der Waals surface area contributed by atoms with Crippen LogP contribution < -0.4 is 5.32 Å². The van der Waals surface area contributed by atoms with E-state index in [4.69, 9.17) is 23.2 Å². The van der Waals surface area contributed by atoms with Crippen LogP contribution in [-0.4, -0.2) is 17.8 Å². The van der Waals surface area contributed by atoms with E-state index in [1.54, 1.807) is 12.1 Å². The van der Waals surface area contributed by atoms with Gasteiger partial charge in [-0.15, -0.1) is 11.6 Å². The zero-order valence-electron chi connectivity index (χ0n) is 8.68. The van der Waals surface area contributed by atoms with E-state index in [2.05, 4.69) is 5.32 Å². The lowest BCUT2D eigenvalue weighted by Gasteiger charge is -2.12. The molecule has 1 N–H and O–H groups in total. The molecule has 1 amide bonds. The molecule has 2 nitrogen and oxygen atoms in total. The number of carbonyl (C=O) groups excluding carboxylic acids is 1. The monoisotopic (exact) mass is 245 g/mol. The summed E-state index contributed by atoms with van der Waals surface area (Å²) in [5, 5.41) is 3.34. The van der Waals surface area contributed by atoms with Crippen LogP contribution in [0.4, 0.5) is 0 Å². The maximum Gasteiger partial charge on any atom is 0.251 e. The fourth-order valence-corrected chi connectivity index (χ4v) is 1.43. The first-order valence-corrected chi connectivity index (χ1v) is 5.59. The van der Waals surface area contributed by atoms with Gasteiger partial charge in [0.1, 0.15) is 0 Å². The summed E-state index contributed by atoms with van der Waals surface area (Å²) in [7, 11) is 0. The number of rotatable bonds is 3. The number of hydrogen-bond donors (Lipinski definition) is 1. The number of benzene rings is 1. The van der Waals surface area contributed by atoms with Crippen LogP contribution in [0, 0.1) is 6.92 Å². The highest BCUT2D eigenvalue weighted by Crippen LogP contribution is 2.15. The lowest BCUT2D eigenvalue weighted by Crippen LogP contribution is -2.34. The van der Waals surface area contributed by atoms with Gasteiger partial charge >= 0.3 is 0 Å². The SMILES string of the molecule is Cc1ccc(Cl)cc1C(=O)NC(C)CCl. The predicted molar refractivity (Wildman–Crippen MR) is 63.8 cm³/mol. The average Bonchev–Trinajstić information content (AvgIpc) is 2.21. The summed E-state index contributed by atoms with van der Waals surface area (Å²) in [6.07, 6.45) is 0. The molecular formula is C11H13Cl2NO. The molecule has 15 heavy (non-hydrogen) atoms. The standard InChI is InChI=1S/C11H13Cl2NO/c1-7-3-4-9(13)5-10(7)11(15)14-8(2)6-12/h3-5,8H,6H2,1-2H3,(H,14,15). The molecule has 0 spiro atoms. The van der Waals surface area contributed by atoms with E-state index in [0.717, 1.165) is 5.56 Å². The summed E-state index contributed by atoms with van der Waals surface area (Å²) in [6, 6.07) is 5.20. The number of carbonyl (C=O) groups is 1. The smallest absolute Gasteiger partial charge is 0.251 e. The maximum absolute atomic E-state index is 11.8. The quantitative estimate of drug-likeness (QED) is 0.816. The summed E-state index contributed by atoms with van der Waals surface area (Å²) < 4.78 is 0. The second-order valence-corrected chi connectivity index (χ2v) is 4.23. The lowest BCUT2D eigenvalue weighted by molar-refractivity contribution is 0.0943. The third-order valence-corrected chi connectivity index (χ3v) is 2.75. The van der Waals surface area contributed by atoms with Crippen LogP contribution in [0.1, 0.15) is 22.8 Å². The second kappa shape index (κ2) is 5.38. The van der Waals surface area contributed by atoms with Gasteiger partial charge in [0.2, 0.25) is 0 Å². The first-order valence-electron chi connectivity index (χ1n) is 4.67. The topological polar surface area (TPSA) is 29.1 Å². The van der Waals surface area contributed by atoms with Gasteiger partial charge < -0.3 is 5.32 Å². The van der Waals surface area contributed by atoms with E-state index in [9.17, 15) is 4.79 Å². The van der Waals surface area contributed by atoms with Crippen molar-refractivity contribution in [2.75, 3.05) is 5.88 Å². The Morgan fingerprint density at radius 2 is 2.20 bits per heavy atom. The Hall–Kier alpha value is -0.730. The molecule has 0 aliphatic rings. The van der Waals surface area contributed by atoms with Crippen LogP contribution in [-0.2, 0) is 0 Å². The number of nitrogens with one attached hydrogen (secondary N) is 1. The Kier molecular flexibility index (Phi) is 4.43. The number of amides is 1. The Morgan fingerprint density at radius 1 is 1.53 bits per heavy atom. The lowest BCUT2D eigenvalue weighted by atomic mass is 10.1. The summed E-state index contributed by atoms with van der Waals surface area (Å²) in [6.45, 7) is 3.72. The van der Waals surface area contributed by atoms with Crippen LogP contribution >= 0.6 is 23.2 Å². The zero-order valence-corrected chi connectivity index (χ0v) is 10.2. The van der Waals surface area contributed by atoms with Gasteiger partial charge in [0.25, 0.3) is 5.91 Å². The number of halogens is 2. The molecule has 1 rings (SSSR count). The molecular weight excluding hydrogens is 233 g/mol. The van der Waals surface area contributed by atoms with Gasteiger partial charge in [0.05, 0.1) is 0 Å². The molecule has 0 aromatic heterocycles. The van der Waals surface area contributed by atoms with Crippen molar-refractivity contribution in [2.24, 2.45) is 0 Å². The molecule has 1 aromatic rings. The minimum absolute atomic E-state index is 0.0439. The van der Waals surface area contributed by atoms with Gasteiger partial charge in [-0.3, -0.25) is 4.79 Å². The summed E-state index contributed by atoms with van der Waals surface area (Å²) >= 11 is 11.4. The minimum Gasteiger partial charge on any atom is -0.348 e. The van der Waals surface area contributed by atoms with Crippen molar-refractivity contribution >= 4 is 29.1 Å². The van der Waals surface area contributed by atoms with E-state index < -0.39 is 0 Å². The normalized spacial score (nSPS) is 12.3. The molecule has 0 aliphatic carbocycles. The average molecular weight is 246 g/mol. The zero-order chi connectivity index (χ0) is 11.4. The third-order valence-electron chi connectivity index (χ3n) is 2.05. The first kappa shape index (κ1) is 12.3. The van der Waals surface area contributed by atoms with E-state index in [1.165, 1.54) is 0 Å². The van der Waals surface area contributed by atoms with Gasteiger partial charge in [0, 0.05) is 22.5 Å². The van der Waals surface area contributed by atoms with Crippen molar-refractivity contribution in [3.8, 4) is 0 Å². The molecule has 0 fully saturated rings. The molecule has 4 heteroatoms. The van der Waals surface area contributed by atoms with Crippen molar-refractivity contribution in [3.05, 3.63) is 34.3 Å². The van der Waals surface area contributed by atoms with Crippen LogP contribution in [0.15, 0.2) is 18.2 Å². The molecule has 0 aliphatic heterocycles. The Balaban J connectivity index is 2.86. The molecule has 0 saturated carbocycles. The fraction of sp³-hybridized carbons (Fsp3) is 0.364. The summed E-state index contributed by atoms with van der Waals surface area (Å²) in [5.74, 6) is 0.258. The molecule has 0 heterocycles. The van der Waals surface area contributed by atoms with Gasteiger partial charge in [-0.1, -0.05) is 17.7 Å². The van der Waals surface area contributed by atoms with E-state index in [-0.39, 0.29) is 11.9 Å². The summed E-state index contributed by atoms with van der Waals surface area (Å²) in [5.41, 5.74) is 1.50. The Morgan fingerprint density at radius 3 is 2.80 bits per heavy atom. The predicted octanol–water partition coefficient (Wildman–Crippen LogP) is 3.01. The molecule has 1 aromatic carbocycles. The van der Waals surface area contributed by atoms with Gasteiger partial charge in [-0.25, -0.2) is 0 Å². The fourth-order valence-electron chi connectivity index (χ4n) is 1.18. The third kappa shape index (κ3) is 3.40. The number of alkyl halides is 1. The number of hydrogen-bond acceptors (Lipinski definition) is 1. The van der Waals surface area contributed by atoms with Crippen molar-refractivity contribution in [2.45, 2.75) is 19.9 Å². The van der Waals surface area contributed by atoms with E-state index >= 15 is 0 Å². The summed E-state index contributed by atoms with van der Waals surface area (Å²) in [4.78, 5) is 11.8. The molecule has 0 radical (unpaired) electrons. The van der Waals surface area contributed by atoms with Crippen LogP contribution in [0.5, 0.6) is 0 Å². The highest BCUT2D eigenvalue weighted by molar-refractivity contribution is 6.31. The van der Waals surface area contributed by atoms with Crippen molar-refractivity contribution < 1.29 is 4.79 Å². The van der Waals surface area contributed by atoms with Gasteiger partial charge in [-0.05, 0) is 31.5 Å². The van der Waals surface area contributed by atoms with E-state index in [1.807, 2.05) is 19.9 Å². The molecule has 82 valence electrons. The van der Waals surface area contributed by atoms with Crippen LogP contribution in [0.3, 0.4) is 0 Å². The van der Waals surface area contributed by atoms with Crippen LogP contribution in [0.25, 0.3) is 0 Å². The second-order valence-electron chi connectivity index (χ2n) is 3.49. The van der Waals surface area contributed by atoms with Crippen LogP contribution in [0.2, 0.25) is 5.02 Å². The van der Waals surface area contributed by atoms with Crippen molar-refractivity contribution in [1.29, 1.82) is 0 Å². The molecule has 0 bridgehead atoms. The van der Waals surface area contributed by atoms with Gasteiger partial charge in [-0.2, -0.15) is 0 Å². The molecule has 0 saturated heterocycles. The van der Waals surface area contributed by atoms with Crippen molar-refractivity contribution in [1.82, 2.24) is 5.32 Å². The Labute approximate surface area is 99.6 Å². The minimum atomic E-state index is -0.136. The first-order chi connectivity index (χ1) is 7.04. The Bertz CT molecular complexity index is 366. The molecule has 1 unspecified atom stereocenters. The highest BCUT2D eigenvalue weighted by Gasteiger charge is 2.11. The highest BCUT2D eigenvalue weighted by atomic mass is 35.5. The van der Waals surface area contributed by atoms with E-state index in [0.29, 0.717) is 16.5 Å². The van der Waals surface area contributed by atoms with Crippen molar-refractivity contribution in [3.63, 3.8) is 0 Å². The maximum atomic E-state index is 11.8. The largest absolute Gasteiger partial charge is 0.348 e. The number of aryl methyl sites for hydroxylation is 1.